The molecule has 3 amide bonds. The van der Waals surface area contributed by atoms with Crippen LogP contribution in [-0.2, 0) is 35.2 Å². The third kappa shape index (κ3) is 15.2. The minimum Gasteiger partial charge on any atom is -0.449 e. The summed E-state index contributed by atoms with van der Waals surface area (Å²) >= 11 is 11.4. The zero-order chi connectivity index (χ0) is 50.4. The summed E-state index contributed by atoms with van der Waals surface area (Å²) in [5.74, 6) is -2.93. The fourth-order valence-corrected chi connectivity index (χ4v) is 8.15. The predicted molar refractivity (Wildman–Crippen MR) is 272 cm³/mol. The lowest BCUT2D eigenvalue weighted by Gasteiger charge is -2.16. The van der Waals surface area contributed by atoms with E-state index in [9.17, 15) is 36.7 Å². The first-order valence-corrected chi connectivity index (χ1v) is 22.8. The third-order valence-electron chi connectivity index (χ3n) is 11.2. The molecular formula is C51H46Cl4F4N8O6. The lowest BCUT2D eigenvalue weighted by molar-refractivity contribution is 0.101. The molecule has 0 aliphatic heterocycles. The SMILES string of the molecule is Cl.Cl.N[C@H]1CCc2c(C(=O)Nc3ccc(F)c(Cl)c3)ccc(F)c21.O=C(N[C@H]1CCc2c(C(=O)Nc3ccc(F)c(Cl)c3)ccc(F)c21)OCCc1ccccn1.O=C(OCCc1ccccn1)n1ccnc1. The topological polar surface area (TPSA) is 192 Å². The second-order valence-electron chi connectivity index (χ2n) is 15.9. The maximum Gasteiger partial charge on any atom is 0.419 e. The number of carbonyl (C=O) groups excluding carboxylic acids is 4. The van der Waals surface area contributed by atoms with Crippen molar-refractivity contribution < 1.29 is 46.2 Å². The Morgan fingerprint density at radius 2 is 1.15 bits per heavy atom. The van der Waals surface area contributed by atoms with Gasteiger partial charge in [0.05, 0.1) is 29.3 Å². The van der Waals surface area contributed by atoms with Gasteiger partial charge in [0.15, 0.2) is 0 Å². The number of nitrogens with one attached hydrogen (secondary N) is 3. The van der Waals surface area contributed by atoms with Gasteiger partial charge in [-0.15, -0.1) is 24.8 Å². The van der Waals surface area contributed by atoms with Gasteiger partial charge >= 0.3 is 12.2 Å². The number of fused-ring (bicyclic) bond motifs is 2. The van der Waals surface area contributed by atoms with Crippen LogP contribution in [0, 0.1) is 23.3 Å². The molecule has 0 bridgehead atoms. The maximum absolute atomic E-state index is 14.6. The van der Waals surface area contributed by atoms with Crippen molar-refractivity contribution in [2.45, 2.75) is 50.6 Å². The Hall–Kier alpha value is -7.09. The third-order valence-corrected chi connectivity index (χ3v) is 11.8. The van der Waals surface area contributed by atoms with Crippen molar-refractivity contribution in [1.29, 1.82) is 0 Å². The average Bonchev–Trinajstić information content (AvgIpc) is 4.15. The first kappa shape index (κ1) is 56.8. The van der Waals surface area contributed by atoms with Gasteiger partial charge in [-0.25, -0.2) is 36.7 Å². The van der Waals surface area contributed by atoms with E-state index in [1.807, 2.05) is 30.3 Å². The number of hydrogen-bond acceptors (Lipinski definition) is 10. The Morgan fingerprint density at radius 1 is 0.644 bits per heavy atom. The molecule has 2 atom stereocenters. The standard InChI is InChI=1S/C24H20ClF2N3O3.C16H13ClF2N2O.C11H11N3O2.2ClH/c25-18-13-15(4-7-19(18)26)29-23(31)17-5-8-20(27)22-16(17)6-9-21(22)30-24(32)33-12-10-14-3-1-2-11-28-14;17-11-7-8(1-4-12(11)18)21-16(22)10-2-5-13(19)15-9(10)3-6-14(15)20;15-11(14-7-6-12-9-14)16-8-4-10-3-1-2-5-13-10;;/h1-5,7-8,11,13,21H,6,9-10,12H2,(H,29,31)(H,30,32);1-2,4-5,7,14H,3,6,20H2,(H,21,22);1-3,5-7,9H,4,8H2;2*1H/t21-;14-;;;/m00.../s1. The summed E-state index contributed by atoms with van der Waals surface area (Å²) in [4.78, 5) is 60.8. The number of imidazole rings is 1. The minimum atomic E-state index is -0.668. The van der Waals surface area contributed by atoms with E-state index < -0.39 is 47.5 Å². The highest BCUT2D eigenvalue weighted by molar-refractivity contribution is 6.31. The molecule has 73 heavy (non-hydrogen) atoms. The summed E-state index contributed by atoms with van der Waals surface area (Å²) in [6.45, 7) is 0.446. The fraction of sp³-hybridized carbons (Fsp3) is 0.196. The Balaban J connectivity index is 0.000000214. The van der Waals surface area contributed by atoms with E-state index in [-0.39, 0.29) is 64.5 Å². The fourth-order valence-electron chi connectivity index (χ4n) is 7.79. The van der Waals surface area contributed by atoms with Crippen molar-refractivity contribution in [2.75, 3.05) is 23.8 Å². The van der Waals surface area contributed by atoms with Gasteiger partial charge in [-0.2, -0.15) is 0 Å². The van der Waals surface area contributed by atoms with Crippen LogP contribution < -0.4 is 21.7 Å². The van der Waals surface area contributed by atoms with Crippen LogP contribution in [0.15, 0.2) is 128 Å². The molecule has 0 saturated heterocycles. The van der Waals surface area contributed by atoms with Crippen molar-refractivity contribution in [3.05, 3.63) is 206 Å². The van der Waals surface area contributed by atoms with Crippen LogP contribution in [0.5, 0.6) is 0 Å². The normalized spacial score (nSPS) is 13.7. The molecule has 0 fully saturated rings. The number of rotatable bonds is 11. The van der Waals surface area contributed by atoms with Gasteiger partial charge in [-0.3, -0.25) is 19.6 Å². The zero-order valence-electron chi connectivity index (χ0n) is 38.3. The number of amides is 3. The number of hydrogen-bond donors (Lipinski definition) is 4. The second kappa shape index (κ2) is 27.1. The number of nitrogens with zero attached hydrogens (tertiary/aromatic N) is 4. The molecule has 5 N–H and O–H groups in total. The summed E-state index contributed by atoms with van der Waals surface area (Å²) in [5.41, 5.74) is 10.7. The minimum absolute atomic E-state index is 0. The molecule has 0 spiro atoms. The molecule has 382 valence electrons. The smallest absolute Gasteiger partial charge is 0.419 e. The van der Waals surface area contributed by atoms with Crippen LogP contribution in [0.25, 0.3) is 0 Å². The quantitative estimate of drug-likeness (QED) is 0.0906. The van der Waals surface area contributed by atoms with E-state index in [1.165, 1.54) is 71.7 Å². The molecule has 14 nitrogen and oxygen atoms in total. The molecule has 9 rings (SSSR count). The van der Waals surface area contributed by atoms with Crippen LogP contribution in [0.3, 0.4) is 0 Å². The van der Waals surface area contributed by atoms with E-state index in [0.29, 0.717) is 78.8 Å². The Kier molecular flexibility index (Phi) is 21.1. The molecule has 7 aromatic rings. The molecule has 2 aliphatic carbocycles. The van der Waals surface area contributed by atoms with Gasteiger partial charge in [0.2, 0.25) is 0 Å². The van der Waals surface area contributed by atoms with Crippen molar-refractivity contribution in [1.82, 2.24) is 24.8 Å². The van der Waals surface area contributed by atoms with Gasteiger partial charge in [0.25, 0.3) is 11.8 Å². The van der Waals surface area contributed by atoms with E-state index in [2.05, 4.69) is 30.9 Å². The number of aromatic nitrogens is 4. The van der Waals surface area contributed by atoms with E-state index >= 15 is 0 Å². The molecule has 2 aliphatic rings. The summed E-state index contributed by atoms with van der Waals surface area (Å²) < 4.78 is 66.5. The molecular weight excluding hydrogens is 1040 g/mol. The van der Waals surface area contributed by atoms with Crippen molar-refractivity contribution in [3.63, 3.8) is 0 Å². The number of nitrogens with two attached hydrogens (primary N) is 1. The van der Waals surface area contributed by atoms with Crippen LogP contribution in [0.1, 0.15) is 79.3 Å². The van der Waals surface area contributed by atoms with Gasteiger partial charge in [0.1, 0.15) is 29.6 Å². The van der Waals surface area contributed by atoms with Crippen molar-refractivity contribution in [3.8, 4) is 0 Å². The van der Waals surface area contributed by atoms with Gasteiger partial charge in [0, 0.05) is 88.7 Å². The number of pyridine rings is 2. The number of benzene rings is 4. The molecule has 3 aromatic heterocycles. The molecule has 22 heteroatoms. The Labute approximate surface area is 438 Å². The molecule has 0 radical (unpaired) electrons. The predicted octanol–water partition coefficient (Wildman–Crippen LogP) is 11.4. The Morgan fingerprint density at radius 3 is 1.66 bits per heavy atom. The molecule has 0 unspecified atom stereocenters. The highest BCUT2D eigenvalue weighted by Crippen LogP contribution is 2.37. The van der Waals surface area contributed by atoms with E-state index in [1.54, 1.807) is 24.7 Å². The summed E-state index contributed by atoms with van der Waals surface area (Å²) in [6.07, 6.45) is 9.83. The number of ether oxygens (including phenoxy) is 2. The van der Waals surface area contributed by atoms with Crippen LogP contribution in [0.4, 0.5) is 38.5 Å². The van der Waals surface area contributed by atoms with Gasteiger partial charge in [-0.1, -0.05) is 35.3 Å². The van der Waals surface area contributed by atoms with Crippen LogP contribution >= 0.6 is 48.0 Å². The van der Waals surface area contributed by atoms with E-state index in [0.717, 1.165) is 17.5 Å². The molecule has 3 heterocycles. The Bertz CT molecular complexity index is 3020. The number of alkyl carbamates (subject to hydrolysis) is 1. The zero-order valence-corrected chi connectivity index (χ0v) is 41.5. The monoisotopic (exact) mass is 1080 g/mol. The number of carbonyl (C=O) groups is 4. The summed E-state index contributed by atoms with van der Waals surface area (Å²) in [5, 5.41) is 7.76. The van der Waals surface area contributed by atoms with Crippen molar-refractivity contribution >= 4 is 83.4 Å². The summed E-state index contributed by atoms with van der Waals surface area (Å²) in [7, 11) is 0. The highest BCUT2D eigenvalue weighted by Gasteiger charge is 2.32. The number of anilines is 2. The van der Waals surface area contributed by atoms with Gasteiger partial charge in [-0.05, 0) is 122 Å². The van der Waals surface area contributed by atoms with Crippen LogP contribution in [0.2, 0.25) is 10.0 Å². The highest BCUT2D eigenvalue weighted by atomic mass is 35.5. The lowest BCUT2D eigenvalue weighted by Crippen LogP contribution is -2.29. The van der Waals surface area contributed by atoms with Crippen molar-refractivity contribution in [2.24, 2.45) is 5.73 Å². The second-order valence-corrected chi connectivity index (χ2v) is 16.7. The van der Waals surface area contributed by atoms with Crippen LogP contribution in [-0.4, -0.2) is 56.7 Å². The van der Waals surface area contributed by atoms with E-state index in [4.69, 9.17) is 38.4 Å². The average molecular weight is 1080 g/mol. The number of halogens is 8. The lowest BCUT2D eigenvalue weighted by atomic mass is 10.0. The van der Waals surface area contributed by atoms with Gasteiger partial charge < -0.3 is 31.2 Å². The first-order valence-electron chi connectivity index (χ1n) is 22.0. The molecule has 0 saturated carbocycles. The maximum atomic E-state index is 14.6. The summed E-state index contributed by atoms with van der Waals surface area (Å²) in [6, 6.07) is 23.1. The largest absolute Gasteiger partial charge is 0.449 e. The first-order chi connectivity index (χ1) is 34.2. The molecule has 4 aromatic carbocycles.